The van der Waals surface area contributed by atoms with Gasteiger partial charge in [-0.25, -0.2) is 0 Å². The highest BCUT2D eigenvalue weighted by molar-refractivity contribution is 5.38. The smallest absolute Gasteiger partial charge is 0.0525 e. The predicted octanol–water partition coefficient (Wildman–Crippen LogP) is 12.0. The highest BCUT2D eigenvalue weighted by atomic mass is 16.3. The molecule has 0 aromatic heterocycles. The lowest BCUT2D eigenvalue weighted by molar-refractivity contribution is 0.159. The van der Waals surface area contributed by atoms with Crippen molar-refractivity contribution < 1.29 is 5.11 Å². The molecule has 0 aromatic rings. The van der Waals surface area contributed by atoms with E-state index in [-0.39, 0.29) is 12.0 Å². The largest absolute Gasteiger partial charge is 0.395 e. The van der Waals surface area contributed by atoms with Crippen LogP contribution < -0.4 is 0 Å². The number of rotatable bonds is 14. The van der Waals surface area contributed by atoms with Crippen LogP contribution in [0.1, 0.15) is 127 Å². The van der Waals surface area contributed by atoms with Crippen LogP contribution in [0.5, 0.6) is 0 Å². The first-order chi connectivity index (χ1) is 19.4. The van der Waals surface area contributed by atoms with E-state index in [1.807, 2.05) is 0 Å². The Morgan fingerprint density at radius 3 is 2.34 bits per heavy atom. The third kappa shape index (κ3) is 12.0. The van der Waals surface area contributed by atoms with Crippen LogP contribution in [0, 0.1) is 22.7 Å². The van der Waals surface area contributed by atoms with Crippen LogP contribution in [0.2, 0.25) is 0 Å². The molecular formula is C40H62O. The van der Waals surface area contributed by atoms with Crippen molar-refractivity contribution in [2.45, 2.75) is 127 Å². The van der Waals surface area contributed by atoms with E-state index in [0.29, 0.717) is 5.41 Å². The molecule has 0 radical (unpaired) electrons. The first kappa shape index (κ1) is 35.1. The molecule has 3 atom stereocenters. The van der Waals surface area contributed by atoms with Gasteiger partial charge in [0, 0.05) is 5.41 Å². The summed E-state index contributed by atoms with van der Waals surface area (Å²) in [6, 6.07) is 0. The van der Waals surface area contributed by atoms with Gasteiger partial charge < -0.3 is 5.11 Å². The second kappa shape index (κ2) is 17.1. The molecule has 0 fully saturated rings. The summed E-state index contributed by atoms with van der Waals surface area (Å²) in [6.07, 6.45) is 34.6. The maximum Gasteiger partial charge on any atom is 0.0525 e. The Hall–Kier alpha value is -2.12. The van der Waals surface area contributed by atoms with Crippen LogP contribution in [0.3, 0.4) is 0 Å². The second-order valence-corrected chi connectivity index (χ2v) is 14.3. The maximum atomic E-state index is 9.95. The summed E-state index contributed by atoms with van der Waals surface area (Å²) in [6.45, 7) is 20.9. The molecule has 2 aliphatic rings. The molecule has 41 heavy (non-hydrogen) atoms. The minimum atomic E-state index is -0.102. The molecule has 1 unspecified atom stereocenters. The molecule has 0 aliphatic heterocycles. The fourth-order valence-electron chi connectivity index (χ4n) is 6.77. The summed E-state index contributed by atoms with van der Waals surface area (Å²) in [5.74, 6) is 1.58. The van der Waals surface area contributed by atoms with Crippen LogP contribution in [0.4, 0.5) is 0 Å². The average molecular weight is 559 g/mol. The average Bonchev–Trinajstić information content (AvgIpc) is 2.90. The fourth-order valence-corrected chi connectivity index (χ4v) is 6.77. The van der Waals surface area contributed by atoms with Gasteiger partial charge in [0.1, 0.15) is 0 Å². The molecule has 0 heterocycles. The normalized spacial score (nSPS) is 25.6. The number of allylic oxidation sites excluding steroid dienone is 15. The molecule has 1 nitrogen and oxygen atoms in total. The van der Waals surface area contributed by atoms with Crippen molar-refractivity contribution in [3.05, 3.63) is 94.2 Å². The van der Waals surface area contributed by atoms with E-state index in [1.165, 1.54) is 79.2 Å². The highest BCUT2D eigenvalue weighted by Gasteiger charge is 2.32. The third-order valence-electron chi connectivity index (χ3n) is 9.79. The molecular weight excluding hydrogens is 496 g/mol. The molecule has 1 heteroatoms. The Labute approximate surface area is 254 Å². The second-order valence-electron chi connectivity index (χ2n) is 14.3. The minimum absolute atomic E-state index is 0.102. The van der Waals surface area contributed by atoms with Crippen molar-refractivity contribution in [2.24, 2.45) is 22.7 Å². The van der Waals surface area contributed by atoms with E-state index in [0.717, 1.165) is 24.7 Å². The van der Waals surface area contributed by atoms with E-state index in [2.05, 4.69) is 123 Å². The number of aliphatic hydroxyl groups is 1. The van der Waals surface area contributed by atoms with Crippen molar-refractivity contribution in [3.8, 4) is 0 Å². The lowest BCUT2D eigenvalue weighted by Crippen LogP contribution is -2.28. The highest BCUT2D eigenvalue weighted by Crippen LogP contribution is 2.44. The summed E-state index contributed by atoms with van der Waals surface area (Å²) in [5.41, 5.74) is 8.64. The van der Waals surface area contributed by atoms with Crippen LogP contribution in [0.25, 0.3) is 0 Å². The quantitative estimate of drug-likeness (QED) is 0.166. The fraction of sp³-hybridized carbons (Fsp3) is 0.600. The van der Waals surface area contributed by atoms with Crippen molar-refractivity contribution in [1.29, 1.82) is 0 Å². The lowest BCUT2D eigenvalue weighted by Gasteiger charge is -2.39. The standard InChI is InChI=1S/C40H62O/c1-31(18-12-20-33(3)24-26-37-35(5)22-14-28-39(37,7)8)16-10-11-17-32(2)19-13-21-34(4)25-27-38-36(6)23-15-29-40(38,9)30-41/h10-11,13,16-17,19,21-22,25,27,33,37,41H,12,14-15,18,20,23-24,26,28-30H2,1-9H3/b11-10+,19-13+,27-25+,31-16+,32-17+,34-21+/t33?,37-,40-/m0/s1. The molecule has 2 rings (SSSR count). The zero-order valence-electron chi connectivity index (χ0n) is 28.2. The zero-order valence-corrected chi connectivity index (χ0v) is 28.2. The SMILES string of the molecule is CC1=CCCC(C)(C)[C@H]1CCC(C)CCC/C(C)=C/C=C/C=C(C)/C=C/C=C(C)/C=C/C1=C(C)CCC[C@@]1(C)CO. The lowest BCUT2D eigenvalue weighted by atomic mass is 9.66. The van der Waals surface area contributed by atoms with E-state index < -0.39 is 0 Å². The molecule has 0 saturated heterocycles. The van der Waals surface area contributed by atoms with Gasteiger partial charge in [-0.15, -0.1) is 0 Å². The van der Waals surface area contributed by atoms with Crippen LogP contribution in [-0.2, 0) is 0 Å². The molecule has 1 N–H and O–H groups in total. The van der Waals surface area contributed by atoms with Crippen LogP contribution in [-0.4, -0.2) is 11.7 Å². The molecule has 228 valence electrons. The van der Waals surface area contributed by atoms with Crippen LogP contribution >= 0.6 is 0 Å². The van der Waals surface area contributed by atoms with Crippen molar-refractivity contribution in [1.82, 2.24) is 0 Å². The maximum absolute atomic E-state index is 9.95. The summed E-state index contributed by atoms with van der Waals surface area (Å²) < 4.78 is 0. The molecule has 0 aromatic carbocycles. The molecule has 0 spiro atoms. The van der Waals surface area contributed by atoms with Crippen molar-refractivity contribution in [3.63, 3.8) is 0 Å². The third-order valence-corrected chi connectivity index (χ3v) is 9.79. The summed E-state index contributed by atoms with van der Waals surface area (Å²) in [5, 5.41) is 9.95. The van der Waals surface area contributed by atoms with E-state index in [1.54, 1.807) is 5.57 Å². The number of aliphatic hydroxyl groups excluding tert-OH is 1. The van der Waals surface area contributed by atoms with Gasteiger partial charge in [-0.2, -0.15) is 0 Å². The molecule has 0 amide bonds. The summed E-state index contributed by atoms with van der Waals surface area (Å²) in [4.78, 5) is 0. The first-order valence-electron chi connectivity index (χ1n) is 16.4. The first-order valence-corrected chi connectivity index (χ1v) is 16.4. The van der Waals surface area contributed by atoms with Gasteiger partial charge in [0.15, 0.2) is 0 Å². The number of hydrogen-bond acceptors (Lipinski definition) is 1. The molecule has 2 aliphatic carbocycles. The van der Waals surface area contributed by atoms with E-state index in [9.17, 15) is 5.11 Å². The molecule has 0 bridgehead atoms. The Morgan fingerprint density at radius 1 is 0.951 bits per heavy atom. The van der Waals surface area contributed by atoms with Crippen molar-refractivity contribution in [2.75, 3.05) is 6.61 Å². The van der Waals surface area contributed by atoms with E-state index in [4.69, 9.17) is 0 Å². The van der Waals surface area contributed by atoms with Gasteiger partial charge in [0.2, 0.25) is 0 Å². The Balaban J connectivity index is 1.75. The Kier molecular flexibility index (Phi) is 14.6. The van der Waals surface area contributed by atoms with Gasteiger partial charge in [-0.3, -0.25) is 0 Å². The van der Waals surface area contributed by atoms with Gasteiger partial charge in [0.25, 0.3) is 0 Å². The number of hydrogen-bond donors (Lipinski definition) is 1. The van der Waals surface area contributed by atoms with Crippen LogP contribution in [0.15, 0.2) is 94.2 Å². The van der Waals surface area contributed by atoms with Gasteiger partial charge in [-0.05, 0) is 109 Å². The summed E-state index contributed by atoms with van der Waals surface area (Å²) >= 11 is 0. The van der Waals surface area contributed by atoms with Gasteiger partial charge >= 0.3 is 0 Å². The van der Waals surface area contributed by atoms with E-state index >= 15 is 0 Å². The Morgan fingerprint density at radius 2 is 1.63 bits per heavy atom. The Bertz CT molecular complexity index is 1080. The zero-order chi connectivity index (χ0) is 30.5. The molecule has 0 saturated carbocycles. The monoisotopic (exact) mass is 558 g/mol. The minimum Gasteiger partial charge on any atom is -0.395 e. The summed E-state index contributed by atoms with van der Waals surface area (Å²) in [7, 11) is 0. The van der Waals surface area contributed by atoms with Crippen molar-refractivity contribution >= 4 is 0 Å². The van der Waals surface area contributed by atoms with Gasteiger partial charge in [-0.1, -0.05) is 129 Å². The predicted molar refractivity (Wildman–Crippen MR) is 183 cm³/mol. The van der Waals surface area contributed by atoms with Gasteiger partial charge in [0.05, 0.1) is 6.61 Å². The topological polar surface area (TPSA) is 20.2 Å².